The number of fused-ring (bicyclic) bond motifs is 1. The van der Waals surface area contributed by atoms with Crippen molar-refractivity contribution >= 4 is 41.5 Å². The summed E-state index contributed by atoms with van der Waals surface area (Å²) in [6.45, 7) is 4.19. The summed E-state index contributed by atoms with van der Waals surface area (Å²) in [6, 6.07) is 12.5. The minimum atomic E-state index is 0. The molecule has 0 unspecified atom stereocenters. The van der Waals surface area contributed by atoms with E-state index in [4.69, 9.17) is 4.98 Å². The van der Waals surface area contributed by atoms with E-state index >= 15 is 0 Å². The van der Waals surface area contributed by atoms with E-state index in [-0.39, 0.29) is 24.8 Å². The van der Waals surface area contributed by atoms with E-state index in [9.17, 15) is 0 Å². The van der Waals surface area contributed by atoms with E-state index < -0.39 is 0 Å². The van der Waals surface area contributed by atoms with Gasteiger partial charge in [0.05, 0.1) is 5.52 Å². The van der Waals surface area contributed by atoms with Gasteiger partial charge in [-0.05, 0) is 18.2 Å². The molecule has 0 amide bonds. The van der Waals surface area contributed by atoms with Gasteiger partial charge in [-0.3, -0.25) is 0 Å². The maximum Gasteiger partial charge on any atom is 0.129 e. The highest BCUT2D eigenvalue weighted by Gasteiger charge is 2.11. The topological polar surface area (TPSA) is 28.2 Å². The van der Waals surface area contributed by atoms with E-state index in [1.165, 1.54) is 5.39 Å². The van der Waals surface area contributed by atoms with E-state index in [0.29, 0.717) is 0 Å². The molecular weight excluding hydrogens is 269 g/mol. The average Bonchev–Trinajstić information content (AvgIpc) is 2.39. The summed E-state index contributed by atoms with van der Waals surface area (Å²) >= 11 is 0. The Morgan fingerprint density at radius 3 is 2.44 bits per heavy atom. The van der Waals surface area contributed by atoms with Crippen LogP contribution in [0.25, 0.3) is 10.9 Å². The number of benzene rings is 1. The highest BCUT2D eigenvalue weighted by molar-refractivity contribution is 5.85. The smallest absolute Gasteiger partial charge is 0.129 e. The monoisotopic (exact) mass is 285 g/mol. The number of halogens is 2. The van der Waals surface area contributed by atoms with Gasteiger partial charge in [0.2, 0.25) is 0 Å². The van der Waals surface area contributed by atoms with Gasteiger partial charge in [-0.15, -0.1) is 24.8 Å². The van der Waals surface area contributed by atoms with Crippen molar-refractivity contribution in [1.82, 2.24) is 10.3 Å². The lowest BCUT2D eigenvalue weighted by Gasteiger charge is -2.28. The SMILES string of the molecule is Cl.Cl.c1ccc2nc(N3CCNCC3)ccc2c1. The summed E-state index contributed by atoms with van der Waals surface area (Å²) in [4.78, 5) is 7.03. The van der Waals surface area contributed by atoms with Crippen molar-refractivity contribution in [2.45, 2.75) is 0 Å². The normalized spacial score (nSPS) is 14.8. The minimum Gasteiger partial charge on any atom is -0.354 e. The molecule has 1 aromatic heterocycles. The van der Waals surface area contributed by atoms with Gasteiger partial charge in [0.1, 0.15) is 5.82 Å². The first-order valence-corrected chi connectivity index (χ1v) is 5.75. The minimum absolute atomic E-state index is 0. The number of hydrogen-bond donors (Lipinski definition) is 1. The Kier molecular flexibility index (Phi) is 5.66. The van der Waals surface area contributed by atoms with Crippen LogP contribution in [0.3, 0.4) is 0 Å². The molecule has 1 fully saturated rings. The lowest BCUT2D eigenvalue weighted by molar-refractivity contribution is 0.585. The molecule has 3 nitrogen and oxygen atoms in total. The predicted molar refractivity (Wildman–Crippen MR) is 81.3 cm³/mol. The first-order valence-electron chi connectivity index (χ1n) is 5.75. The summed E-state index contributed by atoms with van der Waals surface area (Å²) in [5.41, 5.74) is 1.08. The molecule has 0 bridgehead atoms. The van der Waals surface area contributed by atoms with Crippen molar-refractivity contribution < 1.29 is 0 Å². The molecule has 3 rings (SSSR count). The van der Waals surface area contributed by atoms with Gasteiger partial charge in [-0.2, -0.15) is 0 Å². The van der Waals surface area contributed by atoms with Crippen molar-refractivity contribution in [3.63, 3.8) is 0 Å². The van der Waals surface area contributed by atoms with Crippen LogP contribution in [0.4, 0.5) is 5.82 Å². The van der Waals surface area contributed by atoms with Crippen LogP contribution in [0.5, 0.6) is 0 Å². The summed E-state index contributed by atoms with van der Waals surface area (Å²) in [7, 11) is 0. The van der Waals surface area contributed by atoms with Crippen molar-refractivity contribution in [2.24, 2.45) is 0 Å². The molecule has 18 heavy (non-hydrogen) atoms. The fourth-order valence-electron chi connectivity index (χ4n) is 2.13. The maximum atomic E-state index is 4.70. The van der Waals surface area contributed by atoms with Gasteiger partial charge in [0, 0.05) is 31.6 Å². The second kappa shape index (κ2) is 6.78. The van der Waals surface area contributed by atoms with Gasteiger partial charge in [-0.25, -0.2) is 4.98 Å². The molecule has 0 atom stereocenters. The van der Waals surface area contributed by atoms with Crippen molar-refractivity contribution in [3.05, 3.63) is 36.4 Å². The Bertz CT molecular complexity index is 498. The van der Waals surface area contributed by atoms with Crippen LogP contribution in [0.15, 0.2) is 36.4 Å². The van der Waals surface area contributed by atoms with Crippen molar-refractivity contribution in [3.8, 4) is 0 Å². The molecule has 1 aromatic carbocycles. The number of hydrogen-bond acceptors (Lipinski definition) is 3. The molecule has 1 N–H and O–H groups in total. The quantitative estimate of drug-likeness (QED) is 0.873. The van der Waals surface area contributed by atoms with Crippen LogP contribution in [-0.2, 0) is 0 Å². The number of piperazine rings is 1. The molecule has 2 heterocycles. The van der Waals surface area contributed by atoms with Crippen LogP contribution in [0.2, 0.25) is 0 Å². The average molecular weight is 286 g/mol. The summed E-state index contributed by atoms with van der Waals surface area (Å²) in [5.74, 6) is 1.10. The Morgan fingerprint density at radius 2 is 1.67 bits per heavy atom. The Hall–Kier alpha value is -1.03. The number of aromatic nitrogens is 1. The summed E-state index contributed by atoms with van der Waals surface area (Å²) in [6.07, 6.45) is 0. The van der Waals surface area contributed by atoms with Crippen molar-refractivity contribution in [1.29, 1.82) is 0 Å². The summed E-state index contributed by atoms with van der Waals surface area (Å²) < 4.78 is 0. The van der Waals surface area contributed by atoms with Crippen LogP contribution < -0.4 is 10.2 Å². The third-order valence-corrected chi connectivity index (χ3v) is 3.02. The zero-order chi connectivity index (χ0) is 10.8. The van der Waals surface area contributed by atoms with Crippen LogP contribution in [-0.4, -0.2) is 31.2 Å². The van der Waals surface area contributed by atoms with Gasteiger partial charge < -0.3 is 10.2 Å². The van der Waals surface area contributed by atoms with Crippen LogP contribution in [0, 0.1) is 0 Å². The van der Waals surface area contributed by atoms with Crippen LogP contribution >= 0.6 is 24.8 Å². The molecule has 1 aliphatic heterocycles. The number of pyridine rings is 1. The highest BCUT2D eigenvalue weighted by atomic mass is 35.5. The zero-order valence-electron chi connectivity index (χ0n) is 10.0. The first-order chi connectivity index (χ1) is 7.93. The molecule has 1 aliphatic rings. The van der Waals surface area contributed by atoms with Crippen molar-refractivity contribution in [2.75, 3.05) is 31.1 Å². The molecule has 98 valence electrons. The number of anilines is 1. The molecule has 1 saturated heterocycles. The predicted octanol–water partition coefficient (Wildman–Crippen LogP) is 2.49. The second-order valence-corrected chi connectivity index (χ2v) is 4.10. The van der Waals surface area contributed by atoms with E-state index in [2.05, 4.69) is 40.5 Å². The fraction of sp³-hybridized carbons (Fsp3) is 0.308. The van der Waals surface area contributed by atoms with E-state index in [0.717, 1.165) is 37.5 Å². The first kappa shape index (κ1) is 15.0. The lowest BCUT2D eigenvalue weighted by Crippen LogP contribution is -2.43. The highest BCUT2D eigenvalue weighted by Crippen LogP contribution is 2.17. The van der Waals surface area contributed by atoms with E-state index in [1.807, 2.05) is 6.07 Å². The van der Waals surface area contributed by atoms with Gasteiger partial charge >= 0.3 is 0 Å². The molecule has 5 heteroatoms. The Labute approximate surface area is 119 Å². The standard InChI is InChI=1S/C13H15N3.2ClH/c1-2-4-12-11(3-1)5-6-13(15-12)16-9-7-14-8-10-16;;/h1-6,14H,7-10H2;2*1H. The van der Waals surface area contributed by atoms with Gasteiger partial charge in [0.25, 0.3) is 0 Å². The third kappa shape index (κ3) is 3.05. The van der Waals surface area contributed by atoms with Gasteiger partial charge in [0.15, 0.2) is 0 Å². The number of rotatable bonds is 1. The summed E-state index contributed by atoms with van der Waals surface area (Å²) in [5, 5.41) is 4.56. The number of nitrogens with one attached hydrogen (secondary N) is 1. The molecular formula is C13H17Cl2N3. The molecule has 0 spiro atoms. The number of para-hydroxylation sites is 1. The molecule has 0 radical (unpaired) electrons. The molecule has 2 aromatic rings. The largest absolute Gasteiger partial charge is 0.354 e. The fourth-order valence-corrected chi connectivity index (χ4v) is 2.13. The maximum absolute atomic E-state index is 4.70. The molecule has 0 aliphatic carbocycles. The zero-order valence-corrected chi connectivity index (χ0v) is 11.6. The second-order valence-electron chi connectivity index (χ2n) is 4.10. The number of nitrogens with zero attached hydrogens (tertiary/aromatic N) is 2. The lowest BCUT2D eigenvalue weighted by atomic mass is 10.2. The van der Waals surface area contributed by atoms with Gasteiger partial charge in [-0.1, -0.05) is 18.2 Å². The molecule has 0 saturated carbocycles. The Balaban J connectivity index is 0.000000810. The third-order valence-electron chi connectivity index (χ3n) is 3.02. The van der Waals surface area contributed by atoms with Crippen LogP contribution in [0.1, 0.15) is 0 Å². The Morgan fingerprint density at radius 1 is 0.944 bits per heavy atom. The van der Waals surface area contributed by atoms with E-state index in [1.54, 1.807) is 0 Å².